The zero-order valence-electron chi connectivity index (χ0n) is 14.4. The molecule has 1 heterocycles. The largest absolute Gasteiger partial charge is 0.459 e. The lowest BCUT2D eigenvalue weighted by Crippen LogP contribution is -2.38. The standard InChI is InChI=1S/C18H31NO4/c1-13(2)14-11-16(18(21)19-15-7-3-4-8-15)23-17(12-14)22-10-6-5-9-20/h11,13-15,17,20H,3-10,12H2,1-2H3,(H,19,21)/t14-,17+/m0/s1. The van der Waals surface area contributed by atoms with Gasteiger partial charge in [-0.05, 0) is 43.6 Å². The Kier molecular flexibility index (Phi) is 7.37. The first-order valence-corrected chi connectivity index (χ1v) is 9.02. The van der Waals surface area contributed by atoms with Gasteiger partial charge in [0.15, 0.2) is 5.76 Å². The van der Waals surface area contributed by atoms with E-state index in [0.29, 0.717) is 18.3 Å². The Balaban J connectivity index is 1.90. The van der Waals surface area contributed by atoms with Gasteiger partial charge in [-0.3, -0.25) is 4.79 Å². The molecule has 1 saturated carbocycles. The average Bonchev–Trinajstić information content (AvgIpc) is 3.04. The predicted octanol–water partition coefficient (Wildman–Crippen LogP) is 2.74. The van der Waals surface area contributed by atoms with Crippen LogP contribution >= 0.6 is 0 Å². The number of nitrogens with one attached hydrogen (secondary N) is 1. The molecule has 2 N–H and O–H groups in total. The van der Waals surface area contributed by atoms with Gasteiger partial charge in [0.05, 0.1) is 6.61 Å². The zero-order valence-corrected chi connectivity index (χ0v) is 14.4. The van der Waals surface area contributed by atoms with Crippen molar-refractivity contribution in [2.24, 2.45) is 11.8 Å². The van der Waals surface area contributed by atoms with Crippen LogP contribution in [-0.4, -0.2) is 36.6 Å². The summed E-state index contributed by atoms with van der Waals surface area (Å²) in [5, 5.41) is 11.9. The average molecular weight is 325 g/mol. The molecule has 0 aromatic rings. The molecule has 23 heavy (non-hydrogen) atoms. The first-order valence-electron chi connectivity index (χ1n) is 9.02. The molecule has 0 unspecified atom stereocenters. The first-order chi connectivity index (χ1) is 11.1. The van der Waals surface area contributed by atoms with Crippen LogP contribution < -0.4 is 5.32 Å². The van der Waals surface area contributed by atoms with Crippen LogP contribution in [0.15, 0.2) is 11.8 Å². The number of hydrogen-bond donors (Lipinski definition) is 2. The summed E-state index contributed by atoms with van der Waals surface area (Å²) in [6.45, 7) is 5.04. The summed E-state index contributed by atoms with van der Waals surface area (Å²) in [5.74, 6) is 1.04. The Morgan fingerprint density at radius 3 is 2.78 bits per heavy atom. The number of carbonyl (C=O) groups is 1. The van der Waals surface area contributed by atoms with Crippen LogP contribution in [0.3, 0.4) is 0 Å². The third-order valence-electron chi connectivity index (χ3n) is 4.72. The second kappa shape index (κ2) is 9.28. The third-order valence-corrected chi connectivity index (χ3v) is 4.72. The zero-order chi connectivity index (χ0) is 16.7. The Labute approximate surface area is 139 Å². The van der Waals surface area contributed by atoms with Crippen LogP contribution in [0.2, 0.25) is 0 Å². The Morgan fingerprint density at radius 1 is 1.39 bits per heavy atom. The molecule has 0 bridgehead atoms. The molecule has 2 rings (SSSR count). The molecule has 0 aromatic heterocycles. The smallest absolute Gasteiger partial charge is 0.286 e. The van der Waals surface area contributed by atoms with Crippen molar-refractivity contribution in [1.82, 2.24) is 5.32 Å². The maximum Gasteiger partial charge on any atom is 0.286 e. The number of hydrogen-bond acceptors (Lipinski definition) is 4. The minimum atomic E-state index is -0.365. The lowest BCUT2D eigenvalue weighted by Gasteiger charge is -2.31. The normalized spacial score (nSPS) is 25.3. The molecule has 0 radical (unpaired) electrons. The van der Waals surface area contributed by atoms with Crippen molar-refractivity contribution in [2.45, 2.75) is 71.1 Å². The Bertz CT molecular complexity index is 402. The van der Waals surface area contributed by atoms with Crippen LogP contribution in [0.5, 0.6) is 0 Å². The summed E-state index contributed by atoms with van der Waals surface area (Å²) in [4.78, 5) is 12.5. The minimum Gasteiger partial charge on any atom is -0.459 e. The third kappa shape index (κ3) is 5.81. The van der Waals surface area contributed by atoms with E-state index in [0.717, 1.165) is 32.1 Å². The minimum absolute atomic E-state index is 0.105. The molecular weight excluding hydrogens is 294 g/mol. The highest BCUT2D eigenvalue weighted by molar-refractivity contribution is 5.91. The van der Waals surface area contributed by atoms with Crippen molar-refractivity contribution in [3.63, 3.8) is 0 Å². The maximum atomic E-state index is 12.5. The molecule has 1 fully saturated rings. The van der Waals surface area contributed by atoms with E-state index in [1.54, 1.807) is 0 Å². The van der Waals surface area contributed by atoms with E-state index in [1.807, 2.05) is 6.08 Å². The van der Waals surface area contributed by atoms with Gasteiger partial charge in [-0.1, -0.05) is 26.7 Å². The lowest BCUT2D eigenvalue weighted by atomic mass is 9.90. The predicted molar refractivity (Wildman–Crippen MR) is 88.6 cm³/mol. The SMILES string of the molecule is CC(C)[C@H]1C=C(C(=O)NC2CCCC2)O[C@@H](OCCCCO)C1. The van der Waals surface area contributed by atoms with Gasteiger partial charge in [-0.25, -0.2) is 0 Å². The van der Waals surface area contributed by atoms with Crippen LogP contribution in [0.25, 0.3) is 0 Å². The first kappa shape index (κ1) is 18.3. The van der Waals surface area contributed by atoms with Crippen LogP contribution in [0, 0.1) is 11.8 Å². The number of carbonyl (C=O) groups excluding carboxylic acids is 1. The molecule has 2 aliphatic rings. The number of allylic oxidation sites excluding steroid dienone is 1. The van der Waals surface area contributed by atoms with Crippen molar-refractivity contribution in [3.8, 4) is 0 Å². The highest BCUT2D eigenvalue weighted by atomic mass is 16.7. The number of ether oxygens (including phenoxy) is 2. The van der Waals surface area contributed by atoms with Gasteiger partial charge >= 0.3 is 0 Å². The molecule has 132 valence electrons. The molecule has 1 aliphatic heterocycles. The Hall–Kier alpha value is -1.07. The molecule has 0 spiro atoms. The molecule has 1 amide bonds. The number of rotatable bonds is 8. The molecule has 0 aromatic carbocycles. The summed E-state index contributed by atoms with van der Waals surface area (Å²) in [5.41, 5.74) is 0. The van der Waals surface area contributed by atoms with Gasteiger partial charge in [0.1, 0.15) is 0 Å². The highest BCUT2D eigenvalue weighted by Crippen LogP contribution is 2.29. The summed E-state index contributed by atoms with van der Waals surface area (Å²) < 4.78 is 11.5. The molecule has 2 atom stereocenters. The maximum absolute atomic E-state index is 12.5. The number of unbranched alkanes of at least 4 members (excludes halogenated alkanes) is 1. The van der Waals surface area contributed by atoms with E-state index in [1.165, 1.54) is 12.8 Å². The van der Waals surface area contributed by atoms with Gasteiger partial charge in [-0.15, -0.1) is 0 Å². The quantitative estimate of drug-likeness (QED) is 0.673. The van der Waals surface area contributed by atoms with Gasteiger partial charge in [-0.2, -0.15) is 0 Å². The van der Waals surface area contributed by atoms with Gasteiger partial charge in [0, 0.05) is 19.1 Å². The molecule has 5 nitrogen and oxygen atoms in total. The highest BCUT2D eigenvalue weighted by Gasteiger charge is 2.30. The number of aliphatic hydroxyl groups excluding tert-OH is 1. The Morgan fingerprint density at radius 2 is 2.13 bits per heavy atom. The summed E-state index contributed by atoms with van der Waals surface area (Å²) in [6.07, 6.45) is 8.41. The second-order valence-corrected chi connectivity index (χ2v) is 6.98. The van der Waals surface area contributed by atoms with E-state index in [9.17, 15) is 4.79 Å². The van der Waals surface area contributed by atoms with Crippen molar-refractivity contribution in [1.29, 1.82) is 0 Å². The topological polar surface area (TPSA) is 67.8 Å². The van der Waals surface area contributed by atoms with Gasteiger partial charge in [0.2, 0.25) is 6.29 Å². The molecular formula is C18H31NO4. The fourth-order valence-electron chi connectivity index (χ4n) is 3.16. The summed E-state index contributed by atoms with van der Waals surface area (Å²) in [7, 11) is 0. The monoisotopic (exact) mass is 325 g/mol. The molecule has 1 aliphatic carbocycles. The van der Waals surface area contributed by atoms with Crippen molar-refractivity contribution < 1.29 is 19.4 Å². The van der Waals surface area contributed by atoms with Gasteiger partial charge in [0.25, 0.3) is 5.91 Å². The van der Waals surface area contributed by atoms with E-state index < -0.39 is 0 Å². The van der Waals surface area contributed by atoms with Crippen molar-refractivity contribution in [3.05, 3.63) is 11.8 Å². The van der Waals surface area contributed by atoms with Crippen LogP contribution in [0.1, 0.15) is 58.8 Å². The van der Waals surface area contributed by atoms with Crippen LogP contribution in [0.4, 0.5) is 0 Å². The molecule has 0 saturated heterocycles. The summed E-state index contributed by atoms with van der Waals surface area (Å²) >= 11 is 0. The van der Waals surface area contributed by atoms with E-state index >= 15 is 0 Å². The van der Waals surface area contributed by atoms with Crippen LogP contribution in [-0.2, 0) is 14.3 Å². The fourth-order valence-corrected chi connectivity index (χ4v) is 3.16. The van der Waals surface area contributed by atoms with E-state index in [2.05, 4.69) is 19.2 Å². The van der Waals surface area contributed by atoms with Crippen molar-refractivity contribution in [2.75, 3.05) is 13.2 Å². The fraction of sp³-hybridized carbons (Fsp3) is 0.833. The van der Waals surface area contributed by atoms with E-state index in [4.69, 9.17) is 14.6 Å². The lowest BCUT2D eigenvalue weighted by molar-refractivity contribution is -0.151. The van der Waals surface area contributed by atoms with Gasteiger partial charge < -0.3 is 19.9 Å². The number of aliphatic hydroxyl groups is 1. The number of amides is 1. The van der Waals surface area contributed by atoms with E-state index in [-0.39, 0.29) is 30.8 Å². The second-order valence-electron chi connectivity index (χ2n) is 6.98. The van der Waals surface area contributed by atoms with Crippen molar-refractivity contribution >= 4 is 5.91 Å². The summed E-state index contributed by atoms with van der Waals surface area (Å²) in [6, 6.07) is 0.287. The molecule has 5 heteroatoms.